The van der Waals surface area contributed by atoms with Crippen molar-refractivity contribution < 1.29 is 14.4 Å². The second-order valence-corrected chi connectivity index (χ2v) is 3.15. The molecule has 0 aliphatic rings. The van der Waals surface area contributed by atoms with Gasteiger partial charge in [-0.05, 0) is 6.07 Å². The van der Waals surface area contributed by atoms with E-state index in [0.717, 1.165) is 4.57 Å². The van der Waals surface area contributed by atoms with Crippen molar-refractivity contribution in [2.45, 2.75) is 6.54 Å². The molecule has 1 aromatic carbocycles. The Labute approximate surface area is 88.7 Å². The Bertz CT molecular complexity index is 597. The van der Waals surface area contributed by atoms with Crippen molar-refractivity contribution >= 4 is 16.8 Å². The number of oxazole rings is 1. The summed E-state index contributed by atoms with van der Waals surface area (Å²) in [7, 11) is 0. The van der Waals surface area contributed by atoms with E-state index in [1.165, 1.54) is 18.2 Å². The lowest BCUT2D eigenvalue weighted by atomic mass is 10.3. The third-order valence-electron chi connectivity index (χ3n) is 2.19. The minimum absolute atomic E-state index is 0.0486. The Morgan fingerprint density at radius 1 is 1.50 bits per heavy atom. The highest BCUT2D eigenvalue weighted by Crippen LogP contribution is 2.19. The van der Waals surface area contributed by atoms with E-state index in [2.05, 4.69) is 0 Å². The lowest BCUT2D eigenvalue weighted by Gasteiger charge is -1.97. The number of aromatic nitrogens is 1. The molecule has 16 heavy (non-hydrogen) atoms. The van der Waals surface area contributed by atoms with E-state index in [1.54, 1.807) is 0 Å². The maximum Gasteiger partial charge on any atom is 0.420 e. The summed E-state index contributed by atoms with van der Waals surface area (Å²) < 4.78 is 6.02. The predicted octanol–water partition coefficient (Wildman–Crippen LogP) is 0.495. The predicted molar refractivity (Wildman–Crippen MR) is 54.2 cm³/mol. The largest absolute Gasteiger partial charge is 0.420 e. The molecule has 0 saturated carbocycles. The van der Waals surface area contributed by atoms with Crippen LogP contribution < -0.4 is 5.76 Å². The van der Waals surface area contributed by atoms with Gasteiger partial charge in [0.2, 0.25) is 0 Å². The molecular weight excluding hydrogens is 216 g/mol. The number of hydrogen-bond donors (Lipinski definition) is 1. The summed E-state index contributed by atoms with van der Waals surface area (Å²) in [5, 5.41) is 19.3. The topological polar surface area (TPSA) is 98.5 Å². The fourth-order valence-corrected chi connectivity index (χ4v) is 1.48. The molecule has 1 aromatic heterocycles. The van der Waals surface area contributed by atoms with Gasteiger partial charge in [-0.15, -0.1) is 0 Å². The molecule has 0 bridgehead atoms. The fourth-order valence-electron chi connectivity index (χ4n) is 1.48. The molecule has 0 saturated heterocycles. The molecule has 84 valence electrons. The Hall–Kier alpha value is -2.15. The van der Waals surface area contributed by atoms with Crippen LogP contribution in [-0.4, -0.2) is 21.2 Å². The molecule has 2 aromatic rings. The molecule has 0 unspecified atom stereocenters. The first kappa shape index (κ1) is 10.4. The van der Waals surface area contributed by atoms with E-state index in [1.807, 2.05) is 0 Å². The van der Waals surface area contributed by atoms with Crippen LogP contribution in [-0.2, 0) is 6.54 Å². The van der Waals surface area contributed by atoms with Crippen LogP contribution in [0.1, 0.15) is 0 Å². The number of benzene rings is 1. The maximum absolute atomic E-state index is 11.3. The summed E-state index contributed by atoms with van der Waals surface area (Å²) in [5.74, 6) is -0.635. The van der Waals surface area contributed by atoms with Crippen LogP contribution >= 0.6 is 0 Å². The van der Waals surface area contributed by atoms with Crippen LogP contribution in [0.4, 0.5) is 5.69 Å². The number of nitrogens with zero attached hydrogens (tertiary/aromatic N) is 2. The van der Waals surface area contributed by atoms with E-state index >= 15 is 0 Å². The highest BCUT2D eigenvalue weighted by molar-refractivity contribution is 5.75. The third kappa shape index (κ3) is 1.57. The van der Waals surface area contributed by atoms with Gasteiger partial charge >= 0.3 is 5.76 Å². The highest BCUT2D eigenvalue weighted by Gasteiger charge is 2.13. The summed E-state index contributed by atoms with van der Waals surface area (Å²) >= 11 is 0. The van der Waals surface area contributed by atoms with Crippen molar-refractivity contribution in [1.82, 2.24) is 4.57 Å². The molecule has 0 aliphatic heterocycles. The van der Waals surface area contributed by atoms with E-state index in [-0.39, 0.29) is 24.4 Å². The first-order valence-corrected chi connectivity index (χ1v) is 4.52. The van der Waals surface area contributed by atoms with Gasteiger partial charge in [0.25, 0.3) is 5.69 Å². The summed E-state index contributed by atoms with van der Waals surface area (Å²) in [6.07, 6.45) is 0. The lowest BCUT2D eigenvalue weighted by Crippen LogP contribution is -2.16. The zero-order valence-electron chi connectivity index (χ0n) is 8.12. The average molecular weight is 224 g/mol. The van der Waals surface area contributed by atoms with Crippen LogP contribution in [0.3, 0.4) is 0 Å². The molecule has 1 N–H and O–H groups in total. The molecule has 0 amide bonds. The van der Waals surface area contributed by atoms with Gasteiger partial charge in [-0.1, -0.05) is 0 Å². The molecule has 1 heterocycles. The summed E-state index contributed by atoms with van der Waals surface area (Å²) in [6, 6.07) is 3.87. The average Bonchev–Trinajstić information content (AvgIpc) is 2.55. The number of aliphatic hydroxyl groups is 1. The molecule has 0 aliphatic carbocycles. The van der Waals surface area contributed by atoms with Gasteiger partial charge in [0, 0.05) is 12.1 Å². The summed E-state index contributed by atoms with van der Waals surface area (Å²) in [6.45, 7) is -0.190. The van der Waals surface area contributed by atoms with Crippen molar-refractivity contribution in [3.63, 3.8) is 0 Å². The number of rotatable bonds is 3. The number of nitro groups is 1. The van der Waals surface area contributed by atoms with Crippen molar-refractivity contribution in [3.8, 4) is 0 Å². The Balaban J connectivity index is 2.69. The van der Waals surface area contributed by atoms with E-state index in [4.69, 9.17) is 9.52 Å². The minimum atomic E-state index is -0.635. The normalized spacial score (nSPS) is 10.8. The summed E-state index contributed by atoms with van der Waals surface area (Å²) in [4.78, 5) is 21.3. The lowest BCUT2D eigenvalue weighted by molar-refractivity contribution is -0.384. The molecule has 0 fully saturated rings. The number of aliphatic hydroxyl groups excluding tert-OH is 1. The van der Waals surface area contributed by atoms with Crippen molar-refractivity contribution in [2.75, 3.05) is 6.61 Å². The first-order chi connectivity index (χ1) is 7.63. The van der Waals surface area contributed by atoms with Gasteiger partial charge in [-0.25, -0.2) is 4.79 Å². The van der Waals surface area contributed by atoms with Crippen LogP contribution in [0.2, 0.25) is 0 Å². The van der Waals surface area contributed by atoms with Crippen LogP contribution in [0.15, 0.2) is 27.4 Å². The first-order valence-electron chi connectivity index (χ1n) is 4.52. The molecule has 2 rings (SSSR count). The summed E-state index contributed by atoms with van der Waals surface area (Å²) in [5.41, 5.74) is 0.456. The van der Waals surface area contributed by atoms with E-state index < -0.39 is 10.7 Å². The van der Waals surface area contributed by atoms with Gasteiger partial charge in [0.1, 0.15) is 0 Å². The fraction of sp³-hybridized carbons (Fsp3) is 0.222. The highest BCUT2D eigenvalue weighted by atomic mass is 16.6. The molecule has 7 nitrogen and oxygen atoms in total. The molecular formula is C9H8N2O5. The molecule has 0 radical (unpaired) electrons. The number of non-ortho nitro benzene ring substituents is 1. The SMILES string of the molecule is O=c1oc2ccc([N+](=O)[O-])cc2n1CCO. The molecule has 7 heteroatoms. The van der Waals surface area contributed by atoms with Gasteiger partial charge in [-0.3, -0.25) is 14.7 Å². The molecule has 0 spiro atoms. The van der Waals surface area contributed by atoms with Crippen LogP contribution in [0.25, 0.3) is 11.1 Å². The van der Waals surface area contributed by atoms with E-state index in [9.17, 15) is 14.9 Å². The second kappa shape index (κ2) is 3.78. The van der Waals surface area contributed by atoms with Crippen molar-refractivity contribution in [2.24, 2.45) is 0 Å². The minimum Gasteiger partial charge on any atom is -0.408 e. The number of fused-ring (bicyclic) bond motifs is 1. The quantitative estimate of drug-likeness (QED) is 0.604. The van der Waals surface area contributed by atoms with Gasteiger partial charge in [0.15, 0.2) is 5.58 Å². The monoisotopic (exact) mass is 224 g/mol. The maximum atomic E-state index is 11.3. The Morgan fingerprint density at radius 3 is 2.88 bits per heavy atom. The number of nitro benzene ring substituents is 1. The Morgan fingerprint density at radius 2 is 2.25 bits per heavy atom. The van der Waals surface area contributed by atoms with Crippen LogP contribution in [0.5, 0.6) is 0 Å². The Kier molecular flexibility index (Phi) is 2.45. The standard InChI is InChI=1S/C9H8N2O5/c12-4-3-10-7-5-6(11(14)15)1-2-8(7)16-9(10)13/h1-2,5,12H,3-4H2. The van der Waals surface area contributed by atoms with Gasteiger partial charge < -0.3 is 9.52 Å². The van der Waals surface area contributed by atoms with Crippen molar-refractivity contribution in [1.29, 1.82) is 0 Å². The number of hydrogen-bond acceptors (Lipinski definition) is 5. The molecule has 0 atom stereocenters. The smallest absolute Gasteiger partial charge is 0.408 e. The zero-order chi connectivity index (χ0) is 11.7. The third-order valence-corrected chi connectivity index (χ3v) is 2.19. The van der Waals surface area contributed by atoms with E-state index in [0.29, 0.717) is 5.52 Å². The van der Waals surface area contributed by atoms with Gasteiger partial charge in [-0.2, -0.15) is 0 Å². The van der Waals surface area contributed by atoms with Gasteiger partial charge in [0.05, 0.1) is 23.6 Å². The second-order valence-electron chi connectivity index (χ2n) is 3.15. The van der Waals surface area contributed by atoms with Crippen LogP contribution in [0, 0.1) is 10.1 Å². The van der Waals surface area contributed by atoms with Crippen molar-refractivity contribution in [3.05, 3.63) is 38.9 Å². The zero-order valence-corrected chi connectivity index (χ0v) is 8.12.